The van der Waals surface area contributed by atoms with Crippen molar-refractivity contribution in [1.82, 2.24) is 19.1 Å². The summed E-state index contributed by atoms with van der Waals surface area (Å²) in [4.78, 5) is 33.5. The summed E-state index contributed by atoms with van der Waals surface area (Å²) in [5, 5.41) is 0. The number of likely N-dealkylation sites (tertiary alicyclic amines) is 1. The SMILES string of the molecule is COCC1(C(=O)N2CCc3ncc(C(F)(F)F)cc3C2)CCN(Cc2ccc3sc(=O)n([P+](C)=O)c3c2)C1. The van der Waals surface area contributed by atoms with Crippen LogP contribution in [0.2, 0.25) is 0 Å². The molecule has 1 fully saturated rings. The molecule has 0 bridgehead atoms. The number of halogens is 3. The minimum Gasteiger partial charge on any atom is -0.384 e. The quantitative estimate of drug-likeness (QED) is 0.417. The topological polar surface area (TPSA) is 84.7 Å². The van der Waals surface area contributed by atoms with Crippen LogP contribution in [0.15, 0.2) is 35.3 Å². The number of thiazole rings is 1. The van der Waals surface area contributed by atoms with Crippen LogP contribution < -0.4 is 4.87 Å². The number of hydrogen-bond acceptors (Lipinski definition) is 7. The van der Waals surface area contributed by atoms with Crippen LogP contribution in [-0.2, 0) is 39.8 Å². The maximum Gasteiger partial charge on any atom is 0.467 e. The van der Waals surface area contributed by atoms with E-state index in [0.29, 0.717) is 55.8 Å². The fourth-order valence-electron chi connectivity index (χ4n) is 5.49. The summed E-state index contributed by atoms with van der Waals surface area (Å²) in [7, 11) is -0.313. The van der Waals surface area contributed by atoms with E-state index in [1.165, 1.54) is 11.0 Å². The zero-order chi connectivity index (χ0) is 27.2. The van der Waals surface area contributed by atoms with Crippen molar-refractivity contribution in [2.75, 3.05) is 40.0 Å². The summed E-state index contributed by atoms with van der Waals surface area (Å²) in [5.74, 6) is -0.130. The van der Waals surface area contributed by atoms with Crippen LogP contribution in [0.5, 0.6) is 0 Å². The van der Waals surface area contributed by atoms with Crippen LogP contribution in [-0.4, -0.2) is 65.0 Å². The first-order chi connectivity index (χ1) is 18.0. The summed E-state index contributed by atoms with van der Waals surface area (Å²) in [6.07, 6.45) is -2.70. The second-order valence-corrected chi connectivity index (χ2v) is 12.2. The summed E-state index contributed by atoms with van der Waals surface area (Å²) >= 11 is 1.06. The molecule has 202 valence electrons. The number of hydrogen-bond donors (Lipinski definition) is 0. The van der Waals surface area contributed by atoms with Crippen LogP contribution in [0.25, 0.3) is 10.2 Å². The molecule has 0 spiro atoms. The van der Waals surface area contributed by atoms with E-state index in [4.69, 9.17) is 4.74 Å². The van der Waals surface area contributed by atoms with Gasteiger partial charge in [0.15, 0.2) is 6.66 Å². The van der Waals surface area contributed by atoms with E-state index >= 15 is 0 Å². The van der Waals surface area contributed by atoms with Crippen LogP contribution in [0.1, 0.15) is 28.8 Å². The molecule has 1 saturated heterocycles. The molecule has 2 aliphatic rings. The molecule has 0 N–H and O–H groups in total. The van der Waals surface area contributed by atoms with Gasteiger partial charge in [0.05, 0.1) is 22.3 Å². The Bertz CT molecular complexity index is 1470. The summed E-state index contributed by atoms with van der Waals surface area (Å²) in [6, 6.07) is 6.74. The zero-order valence-electron chi connectivity index (χ0n) is 21.0. The summed E-state index contributed by atoms with van der Waals surface area (Å²) < 4.78 is 59.3. The van der Waals surface area contributed by atoms with E-state index in [2.05, 4.69) is 9.88 Å². The van der Waals surface area contributed by atoms with Gasteiger partial charge in [-0.2, -0.15) is 13.2 Å². The molecule has 2 aromatic heterocycles. The monoisotopic (exact) mass is 567 g/mol. The van der Waals surface area contributed by atoms with Gasteiger partial charge in [0, 0.05) is 51.6 Å². The second kappa shape index (κ2) is 10.1. The highest BCUT2D eigenvalue weighted by Crippen LogP contribution is 2.37. The van der Waals surface area contributed by atoms with Crippen molar-refractivity contribution in [3.05, 3.63) is 62.5 Å². The van der Waals surface area contributed by atoms with Crippen LogP contribution in [0.3, 0.4) is 0 Å². The molecule has 0 radical (unpaired) electrons. The van der Waals surface area contributed by atoms with E-state index in [-0.39, 0.29) is 23.9 Å². The lowest BCUT2D eigenvalue weighted by atomic mass is 9.85. The van der Waals surface area contributed by atoms with Gasteiger partial charge in [-0.3, -0.25) is 19.5 Å². The molecule has 4 heterocycles. The number of rotatable bonds is 6. The number of carbonyl (C=O) groups excluding carboxylic acids is 1. The molecule has 13 heteroatoms. The highest BCUT2D eigenvalue weighted by molar-refractivity contribution is 7.42. The van der Waals surface area contributed by atoms with E-state index in [9.17, 15) is 27.3 Å². The third-order valence-electron chi connectivity index (χ3n) is 7.27. The molecule has 1 amide bonds. The average molecular weight is 568 g/mol. The molecule has 0 aliphatic carbocycles. The number of carbonyl (C=O) groups is 1. The standard InChI is InChI=1S/C25H27F3N4O4PS/c1-36-15-24(22(33)31-7-5-19-17(13-31)10-18(11-29-19)25(26,27)28)6-8-30(14-24)12-16-3-4-21-20(9-16)32(37(2)35)23(34)38-21/h3-4,9-11H,5-8,12-15H2,1-2H3/q+1. The van der Waals surface area contributed by atoms with Crippen LogP contribution >= 0.6 is 19.3 Å². The van der Waals surface area contributed by atoms with Crippen molar-refractivity contribution in [3.8, 4) is 0 Å². The van der Waals surface area contributed by atoms with Crippen LogP contribution in [0.4, 0.5) is 13.2 Å². The molecule has 0 saturated carbocycles. The van der Waals surface area contributed by atoms with Gasteiger partial charge in [0.1, 0.15) is 5.52 Å². The van der Waals surface area contributed by atoms with E-state index in [1.807, 2.05) is 18.2 Å². The van der Waals surface area contributed by atoms with Gasteiger partial charge in [-0.05, 0) is 46.9 Å². The second-order valence-electron chi connectivity index (χ2n) is 9.92. The molecule has 1 aromatic carbocycles. The Morgan fingerprint density at radius 1 is 1.26 bits per heavy atom. The lowest BCUT2D eigenvalue weighted by Crippen LogP contribution is -2.49. The maximum atomic E-state index is 13.8. The molecule has 8 nitrogen and oxygen atoms in total. The Morgan fingerprint density at radius 2 is 2.05 bits per heavy atom. The minimum absolute atomic E-state index is 0.0814. The van der Waals surface area contributed by atoms with Crippen molar-refractivity contribution < 1.29 is 27.3 Å². The number of nitrogens with zero attached hydrogens (tertiary/aromatic N) is 4. The van der Waals surface area contributed by atoms with Crippen molar-refractivity contribution >= 4 is 35.4 Å². The predicted molar refractivity (Wildman–Crippen MR) is 138 cm³/mol. The maximum absolute atomic E-state index is 13.8. The number of aromatic nitrogens is 2. The van der Waals surface area contributed by atoms with Gasteiger partial charge < -0.3 is 9.64 Å². The molecule has 5 rings (SSSR count). The van der Waals surface area contributed by atoms with E-state index < -0.39 is 25.1 Å². The number of pyridine rings is 1. The molecular formula is C25H27F3N4O4PS+. The normalized spacial score (nSPS) is 20.7. The number of methoxy groups -OCH3 is 1. The lowest BCUT2D eigenvalue weighted by molar-refractivity contribution is -0.145. The fraction of sp³-hybridized carbons (Fsp3) is 0.480. The average Bonchev–Trinajstić information content (AvgIpc) is 3.42. The summed E-state index contributed by atoms with van der Waals surface area (Å²) in [5.41, 5.74) is 0.948. The van der Waals surface area contributed by atoms with E-state index in [0.717, 1.165) is 33.9 Å². The molecule has 2 unspecified atom stereocenters. The number of alkyl halides is 3. The smallest absolute Gasteiger partial charge is 0.384 e. The van der Waals surface area contributed by atoms with Gasteiger partial charge >= 0.3 is 19.0 Å². The number of ether oxygens (including phenoxy) is 1. The fourth-order valence-corrected chi connectivity index (χ4v) is 7.49. The third kappa shape index (κ3) is 5.02. The molecule has 2 atom stereocenters. The Kier molecular flexibility index (Phi) is 7.19. The number of amides is 1. The van der Waals surface area contributed by atoms with Gasteiger partial charge in [0.25, 0.3) is 0 Å². The largest absolute Gasteiger partial charge is 0.467 e. The van der Waals surface area contributed by atoms with Gasteiger partial charge in [-0.15, -0.1) is 0 Å². The first-order valence-corrected chi connectivity index (χ1v) is 14.6. The third-order valence-corrected chi connectivity index (χ3v) is 9.29. The van der Waals surface area contributed by atoms with Crippen molar-refractivity contribution in [1.29, 1.82) is 0 Å². The Morgan fingerprint density at radius 3 is 2.76 bits per heavy atom. The van der Waals surface area contributed by atoms with Gasteiger partial charge in [-0.25, -0.2) is 0 Å². The molecule has 38 heavy (non-hydrogen) atoms. The minimum atomic E-state index is -4.50. The first kappa shape index (κ1) is 26.9. The summed E-state index contributed by atoms with van der Waals surface area (Å²) in [6.45, 7) is 3.76. The lowest BCUT2D eigenvalue weighted by Gasteiger charge is -2.36. The molecular weight excluding hydrogens is 540 g/mol. The Balaban J connectivity index is 1.34. The zero-order valence-corrected chi connectivity index (χ0v) is 22.7. The molecule has 3 aromatic rings. The Hall–Kier alpha value is -2.66. The van der Waals surface area contributed by atoms with E-state index in [1.54, 1.807) is 12.0 Å². The highest BCUT2D eigenvalue weighted by Gasteiger charge is 2.47. The number of fused-ring (bicyclic) bond motifs is 2. The first-order valence-electron chi connectivity index (χ1n) is 12.1. The molecule has 2 aliphatic heterocycles. The number of benzene rings is 1. The van der Waals surface area contributed by atoms with Crippen molar-refractivity contribution in [2.24, 2.45) is 5.41 Å². The Labute approximate surface area is 221 Å². The van der Waals surface area contributed by atoms with Crippen molar-refractivity contribution in [3.63, 3.8) is 0 Å². The van der Waals surface area contributed by atoms with Gasteiger partial charge in [0.2, 0.25) is 5.91 Å². The van der Waals surface area contributed by atoms with Crippen LogP contribution in [0, 0.1) is 5.41 Å². The predicted octanol–water partition coefficient (Wildman–Crippen LogP) is 4.12. The highest BCUT2D eigenvalue weighted by atomic mass is 32.1. The van der Waals surface area contributed by atoms with Crippen molar-refractivity contribution in [2.45, 2.75) is 32.1 Å². The van der Waals surface area contributed by atoms with Gasteiger partial charge in [-0.1, -0.05) is 21.7 Å².